The Kier molecular flexibility index (Phi) is 2.63. The van der Waals surface area contributed by atoms with Crippen LogP contribution >= 0.6 is 0 Å². The Morgan fingerprint density at radius 1 is 1.30 bits per heavy atom. The fraction of sp³-hybridized carbons (Fsp3) is 0.533. The lowest BCUT2D eigenvalue weighted by molar-refractivity contribution is -0.124. The van der Waals surface area contributed by atoms with Crippen LogP contribution in [0.1, 0.15) is 12.8 Å². The van der Waals surface area contributed by atoms with Crippen LogP contribution in [0.4, 0.5) is 5.69 Å². The molecule has 1 N–H and O–H groups in total. The topological polar surface area (TPSA) is 50.4 Å². The summed E-state index contributed by atoms with van der Waals surface area (Å²) in [7, 11) is 1.63. The first-order valence-corrected chi connectivity index (χ1v) is 7.15. The van der Waals surface area contributed by atoms with Crippen molar-refractivity contribution in [1.29, 1.82) is 0 Å². The van der Waals surface area contributed by atoms with Crippen molar-refractivity contribution in [2.45, 2.75) is 12.8 Å². The zero-order valence-electron chi connectivity index (χ0n) is 11.7. The minimum atomic E-state index is 0.482. The van der Waals surface area contributed by atoms with Gasteiger partial charge >= 0.3 is 0 Å². The Morgan fingerprint density at radius 2 is 2.10 bits per heavy atom. The van der Waals surface area contributed by atoms with Crippen molar-refractivity contribution in [3.8, 4) is 6.01 Å². The normalized spacial score (nSPS) is 21.1. The van der Waals surface area contributed by atoms with Crippen LogP contribution in [0.5, 0.6) is 6.01 Å². The van der Waals surface area contributed by atoms with Crippen molar-refractivity contribution in [3.05, 3.63) is 18.2 Å². The van der Waals surface area contributed by atoms with E-state index in [0.29, 0.717) is 11.4 Å². The molecular formula is C15H19N3O2. The average Bonchev–Trinajstić information content (AvgIpc) is 2.88. The fourth-order valence-electron chi connectivity index (χ4n) is 3.18. The van der Waals surface area contributed by atoms with Gasteiger partial charge in [-0.05, 0) is 31.0 Å². The van der Waals surface area contributed by atoms with Gasteiger partial charge in [0.25, 0.3) is 6.01 Å². The molecule has 1 spiro atoms. The zero-order chi connectivity index (χ0) is 13.6. The van der Waals surface area contributed by atoms with Crippen LogP contribution in [0, 0.1) is 5.41 Å². The molecule has 0 bridgehead atoms. The molecule has 20 heavy (non-hydrogen) atoms. The van der Waals surface area contributed by atoms with E-state index >= 15 is 0 Å². The summed E-state index contributed by atoms with van der Waals surface area (Å²) in [5.74, 6) is 0. The Balaban J connectivity index is 1.56. The number of nitrogens with one attached hydrogen (secondary N) is 1. The van der Waals surface area contributed by atoms with Gasteiger partial charge in [0.05, 0.1) is 31.4 Å². The number of fused-ring (bicyclic) bond motifs is 1. The molecule has 3 heterocycles. The number of piperidine rings is 1. The van der Waals surface area contributed by atoms with E-state index in [0.717, 1.165) is 37.3 Å². The molecule has 4 rings (SSSR count). The molecule has 1 aromatic heterocycles. The molecule has 2 aromatic rings. The van der Waals surface area contributed by atoms with Crippen LogP contribution in [0.25, 0.3) is 11.0 Å². The maximum Gasteiger partial charge on any atom is 0.294 e. The quantitative estimate of drug-likeness (QED) is 0.911. The number of imidazole rings is 1. The molecule has 0 saturated carbocycles. The van der Waals surface area contributed by atoms with Crippen molar-refractivity contribution in [2.75, 3.05) is 38.3 Å². The zero-order valence-corrected chi connectivity index (χ0v) is 11.7. The lowest BCUT2D eigenvalue weighted by atomic mass is 9.77. The number of ether oxygens (including phenoxy) is 2. The van der Waals surface area contributed by atoms with E-state index in [2.05, 4.69) is 33.1 Å². The smallest absolute Gasteiger partial charge is 0.294 e. The largest absolute Gasteiger partial charge is 0.468 e. The highest BCUT2D eigenvalue weighted by Crippen LogP contribution is 2.39. The number of hydrogen-bond acceptors (Lipinski definition) is 4. The number of H-pyrrole nitrogens is 1. The molecule has 0 radical (unpaired) electrons. The molecule has 2 aliphatic heterocycles. The number of benzene rings is 1. The van der Waals surface area contributed by atoms with E-state index in [1.165, 1.54) is 18.5 Å². The first-order valence-electron chi connectivity index (χ1n) is 7.15. The van der Waals surface area contributed by atoms with E-state index in [-0.39, 0.29) is 0 Å². The summed E-state index contributed by atoms with van der Waals surface area (Å²) in [6.07, 6.45) is 2.46. The second-order valence-corrected chi connectivity index (χ2v) is 5.93. The van der Waals surface area contributed by atoms with Gasteiger partial charge in [-0.25, -0.2) is 0 Å². The van der Waals surface area contributed by atoms with E-state index in [1.807, 2.05) is 0 Å². The number of rotatable bonds is 2. The summed E-state index contributed by atoms with van der Waals surface area (Å²) < 4.78 is 10.5. The SMILES string of the molecule is COc1nc2cc(N3CCC4(CC3)COC4)ccc2[nH]1. The highest BCUT2D eigenvalue weighted by Gasteiger charge is 2.41. The second-order valence-electron chi connectivity index (χ2n) is 5.93. The summed E-state index contributed by atoms with van der Waals surface area (Å²) >= 11 is 0. The maximum atomic E-state index is 5.38. The molecule has 0 aliphatic carbocycles. The van der Waals surface area contributed by atoms with Crippen molar-refractivity contribution in [1.82, 2.24) is 9.97 Å². The van der Waals surface area contributed by atoms with Crippen LogP contribution < -0.4 is 9.64 Å². The van der Waals surface area contributed by atoms with Crippen molar-refractivity contribution >= 4 is 16.7 Å². The predicted octanol–water partition coefficient (Wildman–Crippen LogP) is 2.19. The van der Waals surface area contributed by atoms with Crippen molar-refractivity contribution in [3.63, 3.8) is 0 Å². The first kappa shape index (κ1) is 12.0. The van der Waals surface area contributed by atoms with Gasteiger partial charge in [0, 0.05) is 24.2 Å². The van der Waals surface area contributed by atoms with Crippen molar-refractivity contribution < 1.29 is 9.47 Å². The van der Waals surface area contributed by atoms with Gasteiger partial charge in [0.1, 0.15) is 0 Å². The Hall–Kier alpha value is -1.75. The molecule has 106 valence electrons. The third-order valence-electron chi connectivity index (χ3n) is 4.64. The predicted molar refractivity (Wildman–Crippen MR) is 77.3 cm³/mol. The number of anilines is 1. The lowest BCUT2D eigenvalue weighted by Gasteiger charge is -2.47. The third kappa shape index (κ3) is 1.85. The van der Waals surface area contributed by atoms with Gasteiger partial charge in [-0.1, -0.05) is 0 Å². The van der Waals surface area contributed by atoms with Gasteiger partial charge in [-0.2, -0.15) is 4.98 Å². The van der Waals surface area contributed by atoms with Gasteiger partial charge in [-0.3, -0.25) is 0 Å². The number of hydrogen-bond donors (Lipinski definition) is 1. The van der Waals surface area contributed by atoms with Gasteiger partial charge in [0.15, 0.2) is 0 Å². The standard InChI is InChI=1S/C15H19N3O2/c1-19-14-16-12-3-2-11(8-13(12)17-14)18-6-4-15(5-7-18)9-20-10-15/h2-3,8H,4-7,9-10H2,1H3,(H,16,17). The molecule has 0 unspecified atom stereocenters. The molecule has 5 nitrogen and oxygen atoms in total. The highest BCUT2D eigenvalue weighted by molar-refractivity contribution is 5.80. The second kappa shape index (κ2) is 4.38. The fourth-order valence-corrected chi connectivity index (χ4v) is 3.18. The van der Waals surface area contributed by atoms with E-state index in [9.17, 15) is 0 Å². The molecule has 1 aromatic carbocycles. The number of aromatic nitrogens is 2. The summed E-state index contributed by atoms with van der Waals surface area (Å²) in [6, 6.07) is 6.96. The Bertz CT molecular complexity index is 623. The van der Waals surface area contributed by atoms with Crippen molar-refractivity contribution in [2.24, 2.45) is 5.41 Å². The molecule has 5 heteroatoms. The molecule has 2 aliphatic rings. The van der Waals surface area contributed by atoms with Gasteiger partial charge in [0.2, 0.25) is 0 Å². The third-order valence-corrected chi connectivity index (χ3v) is 4.64. The number of methoxy groups -OCH3 is 1. The number of aromatic amines is 1. The molecule has 0 atom stereocenters. The van der Waals surface area contributed by atoms with Gasteiger partial charge in [-0.15, -0.1) is 0 Å². The Labute approximate surface area is 117 Å². The van der Waals surface area contributed by atoms with Crippen LogP contribution in [0.2, 0.25) is 0 Å². The number of nitrogens with zero attached hydrogens (tertiary/aromatic N) is 2. The van der Waals surface area contributed by atoms with E-state index in [4.69, 9.17) is 9.47 Å². The Morgan fingerprint density at radius 3 is 2.75 bits per heavy atom. The minimum Gasteiger partial charge on any atom is -0.468 e. The lowest BCUT2D eigenvalue weighted by Crippen LogP contribution is -2.50. The molecule has 2 saturated heterocycles. The van der Waals surface area contributed by atoms with E-state index < -0.39 is 0 Å². The van der Waals surface area contributed by atoms with Crippen LogP contribution in [0.15, 0.2) is 18.2 Å². The summed E-state index contributed by atoms with van der Waals surface area (Å²) in [5.41, 5.74) is 3.72. The van der Waals surface area contributed by atoms with Crippen LogP contribution in [0.3, 0.4) is 0 Å². The van der Waals surface area contributed by atoms with Crippen LogP contribution in [-0.4, -0.2) is 43.4 Å². The van der Waals surface area contributed by atoms with Crippen LogP contribution in [-0.2, 0) is 4.74 Å². The monoisotopic (exact) mass is 273 g/mol. The molecular weight excluding hydrogens is 254 g/mol. The first-order chi connectivity index (χ1) is 9.78. The summed E-state index contributed by atoms with van der Waals surface area (Å²) in [6.45, 7) is 4.12. The highest BCUT2D eigenvalue weighted by atomic mass is 16.5. The summed E-state index contributed by atoms with van der Waals surface area (Å²) in [5, 5.41) is 0. The summed E-state index contributed by atoms with van der Waals surface area (Å²) in [4.78, 5) is 10.0. The van der Waals surface area contributed by atoms with Gasteiger partial charge < -0.3 is 19.4 Å². The average molecular weight is 273 g/mol. The van der Waals surface area contributed by atoms with E-state index in [1.54, 1.807) is 7.11 Å². The molecule has 2 fully saturated rings. The maximum absolute atomic E-state index is 5.38. The minimum absolute atomic E-state index is 0.482. The molecule has 0 amide bonds.